The summed E-state index contributed by atoms with van der Waals surface area (Å²) in [6.07, 6.45) is 9.70. The molecule has 274 valence electrons. The fraction of sp³-hybridized carbons (Fsp3) is 0.0189. The highest BCUT2D eigenvalue weighted by Crippen LogP contribution is 2.40. The van der Waals surface area contributed by atoms with Gasteiger partial charge in [-0.1, -0.05) is 91.0 Å². The minimum Gasteiger partial charge on any atom is -0.309 e. The Labute approximate surface area is 335 Å². The molecule has 0 amide bonds. The molecule has 0 bridgehead atoms. The second kappa shape index (κ2) is 13.5. The van der Waals surface area contributed by atoms with Crippen LogP contribution in [0.3, 0.4) is 0 Å². The lowest BCUT2D eigenvalue weighted by atomic mass is 9.98. The normalized spacial score (nSPS) is 12.3. The van der Waals surface area contributed by atoms with E-state index in [1.807, 2.05) is 37.7 Å². The van der Waals surface area contributed by atoms with E-state index in [9.17, 15) is 0 Å². The molecule has 11 rings (SSSR count). The molecule has 4 heterocycles. The number of benzene rings is 7. The van der Waals surface area contributed by atoms with Crippen LogP contribution >= 0.6 is 0 Å². The van der Waals surface area contributed by atoms with Crippen LogP contribution in [0.1, 0.15) is 12.5 Å². The van der Waals surface area contributed by atoms with E-state index in [4.69, 9.17) is 0 Å². The number of hydrogen-bond donors (Lipinski definition) is 0. The zero-order chi connectivity index (χ0) is 38.7. The topological polar surface area (TPSA) is 40.0 Å². The van der Waals surface area contributed by atoms with E-state index >= 15 is 0 Å². The molecule has 0 unspecified atom stereocenters. The van der Waals surface area contributed by atoms with Crippen LogP contribution in [-0.2, 0) is 0 Å². The zero-order valence-corrected chi connectivity index (χ0v) is 31.9. The lowest BCUT2D eigenvalue weighted by Gasteiger charge is -2.15. The molecule has 0 saturated carbocycles. The molecule has 0 fully saturated rings. The molecule has 5 heteroatoms. The number of aliphatic imine (C=N–C) groups is 1. The van der Waals surface area contributed by atoms with Crippen LogP contribution in [0, 0.1) is 0 Å². The van der Waals surface area contributed by atoms with E-state index in [-0.39, 0.29) is 0 Å². The van der Waals surface area contributed by atoms with Crippen molar-refractivity contribution in [3.8, 4) is 28.2 Å². The van der Waals surface area contributed by atoms with E-state index < -0.39 is 0 Å². The Hall–Kier alpha value is -7.76. The van der Waals surface area contributed by atoms with Crippen LogP contribution in [0.5, 0.6) is 0 Å². The minimum absolute atomic E-state index is 0.979. The van der Waals surface area contributed by atoms with Crippen molar-refractivity contribution in [2.75, 3.05) is 0 Å². The van der Waals surface area contributed by atoms with Gasteiger partial charge in [-0.15, -0.1) is 0 Å². The first-order chi connectivity index (χ1) is 28.7. The van der Waals surface area contributed by atoms with Crippen LogP contribution in [0.4, 0.5) is 0 Å². The van der Waals surface area contributed by atoms with Gasteiger partial charge in [-0.25, -0.2) is 0 Å². The highest BCUT2D eigenvalue weighted by Gasteiger charge is 2.20. The van der Waals surface area contributed by atoms with Crippen LogP contribution in [-0.4, -0.2) is 25.4 Å². The van der Waals surface area contributed by atoms with Crippen LogP contribution < -0.4 is 0 Å². The third-order valence-electron chi connectivity index (χ3n) is 11.5. The predicted molar refractivity (Wildman–Crippen MR) is 245 cm³/mol. The third kappa shape index (κ3) is 5.17. The number of para-hydroxylation sites is 4. The first-order valence-electron chi connectivity index (χ1n) is 19.6. The third-order valence-corrected chi connectivity index (χ3v) is 11.5. The molecule has 0 atom stereocenters. The largest absolute Gasteiger partial charge is 0.309 e. The van der Waals surface area contributed by atoms with Crippen molar-refractivity contribution in [3.05, 3.63) is 200 Å². The van der Waals surface area contributed by atoms with Gasteiger partial charge < -0.3 is 13.7 Å². The molecular weight excluding hydrogens is 707 g/mol. The van der Waals surface area contributed by atoms with Gasteiger partial charge in [0.15, 0.2) is 0 Å². The van der Waals surface area contributed by atoms with Gasteiger partial charge in [0.25, 0.3) is 0 Å². The Morgan fingerprint density at radius 1 is 0.483 bits per heavy atom. The smallest absolute Gasteiger partial charge is 0.0542 e. The summed E-state index contributed by atoms with van der Waals surface area (Å²) in [6.45, 7) is 5.82. The maximum Gasteiger partial charge on any atom is 0.0542 e. The highest BCUT2D eigenvalue weighted by molar-refractivity contribution is 6.14. The molecule has 0 saturated heterocycles. The summed E-state index contributed by atoms with van der Waals surface area (Å²) in [7, 11) is 0. The SMILES string of the molecule is C=NC=C(C=CC)c1cc(-c2cccnc2)cc(-n2c3ccc(-n4c5ccccc5c5ccccc54)cc3c3cc(-n4c5ccccc5c5ccccc54)ccc32)c1. The van der Waals surface area contributed by atoms with Gasteiger partial charge in [-0.05, 0) is 115 Å². The molecule has 5 nitrogen and oxygen atoms in total. The van der Waals surface area contributed by atoms with Gasteiger partial charge in [-0.2, -0.15) is 0 Å². The first-order valence-corrected chi connectivity index (χ1v) is 19.6. The van der Waals surface area contributed by atoms with Crippen LogP contribution in [0.25, 0.3) is 99.2 Å². The number of fused-ring (bicyclic) bond motifs is 9. The average Bonchev–Trinajstić information content (AvgIpc) is 3.92. The molecular formula is C53H37N5. The number of allylic oxidation sites excluding steroid dienone is 3. The second-order valence-corrected chi connectivity index (χ2v) is 14.8. The first kappa shape index (κ1) is 33.6. The lowest BCUT2D eigenvalue weighted by Crippen LogP contribution is -1.98. The summed E-state index contributed by atoms with van der Waals surface area (Å²) in [5.41, 5.74) is 14.4. The van der Waals surface area contributed by atoms with E-state index in [0.717, 1.165) is 50.4 Å². The van der Waals surface area contributed by atoms with Crippen molar-refractivity contribution < 1.29 is 0 Å². The molecule has 7 aromatic carbocycles. The van der Waals surface area contributed by atoms with Gasteiger partial charge in [0.1, 0.15) is 0 Å². The summed E-state index contributed by atoms with van der Waals surface area (Å²) in [5.74, 6) is 0. The predicted octanol–water partition coefficient (Wildman–Crippen LogP) is 13.7. The van der Waals surface area contributed by atoms with Crippen molar-refractivity contribution in [1.82, 2.24) is 18.7 Å². The van der Waals surface area contributed by atoms with Crippen molar-refractivity contribution in [3.63, 3.8) is 0 Å². The summed E-state index contributed by atoms with van der Waals surface area (Å²) < 4.78 is 7.22. The maximum atomic E-state index is 4.49. The molecule has 0 spiro atoms. The summed E-state index contributed by atoms with van der Waals surface area (Å²) in [4.78, 5) is 8.68. The molecule has 0 radical (unpaired) electrons. The number of pyridine rings is 1. The Morgan fingerprint density at radius 2 is 0.966 bits per heavy atom. The van der Waals surface area contributed by atoms with Gasteiger partial charge in [-0.3, -0.25) is 9.98 Å². The van der Waals surface area contributed by atoms with Gasteiger partial charge >= 0.3 is 0 Å². The van der Waals surface area contributed by atoms with Gasteiger partial charge in [0.2, 0.25) is 0 Å². The standard InChI is InChI=1S/C53H37N5/c1-3-13-35(33-54-2)37-28-38(36-14-12-27-55-34-36)30-41(29-37)58-52-25-23-39(56-48-19-8-4-15-42(48)43-16-5-9-20-49(43)56)31-46(52)47-32-40(24-26-53(47)58)57-50-21-10-6-17-44(50)45-18-7-11-22-51(45)57/h3-34H,2H2,1H3. The molecule has 0 aliphatic carbocycles. The number of hydrogen-bond acceptors (Lipinski definition) is 2. The van der Waals surface area contributed by atoms with Crippen LogP contribution in [0.2, 0.25) is 0 Å². The van der Waals surface area contributed by atoms with Crippen molar-refractivity contribution in [1.29, 1.82) is 0 Å². The molecule has 4 aromatic heterocycles. The second-order valence-electron chi connectivity index (χ2n) is 14.8. The average molecular weight is 744 g/mol. The fourth-order valence-corrected chi connectivity index (χ4v) is 9.06. The van der Waals surface area contributed by atoms with E-state index in [0.29, 0.717) is 0 Å². The van der Waals surface area contributed by atoms with E-state index in [2.05, 4.69) is 194 Å². The zero-order valence-electron chi connectivity index (χ0n) is 31.9. The minimum atomic E-state index is 0.979. The Balaban J connectivity index is 1.24. The fourth-order valence-electron chi connectivity index (χ4n) is 9.06. The van der Waals surface area contributed by atoms with Crippen LogP contribution in [0.15, 0.2) is 200 Å². The Morgan fingerprint density at radius 3 is 1.43 bits per heavy atom. The molecule has 0 aliphatic heterocycles. The van der Waals surface area contributed by atoms with Crippen molar-refractivity contribution >= 4 is 77.7 Å². The number of rotatable bonds is 7. The number of nitrogens with zero attached hydrogens (tertiary/aromatic N) is 5. The maximum absolute atomic E-state index is 4.49. The van der Waals surface area contributed by atoms with E-state index in [1.54, 1.807) is 0 Å². The summed E-state index contributed by atoms with van der Waals surface area (Å²) >= 11 is 0. The summed E-state index contributed by atoms with van der Waals surface area (Å²) in [5, 5.41) is 7.31. The Kier molecular flexibility index (Phi) is 7.79. The lowest BCUT2D eigenvalue weighted by molar-refractivity contribution is 1.16. The molecule has 58 heavy (non-hydrogen) atoms. The summed E-state index contributed by atoms with van der Waals surface area (Å²) in [6, 6.07) is 59.5. The van der Waals surface area contributed by atoms with E-state index in [1.165, 1.54) is 54.4 Å². The van der Waals surface area contributed by atoms with Gasteiger partial charge in [0, 0.05) is 73.5 Å². The monoisotopic (exact) mass is 743 g/mol. The van der Waals surface area contributed by atoms with Crippen molar-refractivity contribution in [2.45, 2.75) is 6.92 Å². The van der Waals surface area contributed by atoms with Crippen molar-refractivity contribution in [2.24, 2.45) is 4.99 Å². The molecule has 0 N–H and O–H groups in total. The molecule has 11 aromatic rings. The van der Waals surface area contributed by atoms with Gasteiger partial charge in [0.05, 0.1) is 33.1 Å². The highest BCUT2D eigenvalue weighted by atomic mass is 15.0. The Bertz CT molecular complexity index is 3200. The number of aromatic nitrogens is 4. The molecule has 0 aliphatic rings. The quantitative estimate of drug-likeness (QED) is 0.118.